The summed E-state index contributed by atoms with van der Waals surface area (Å²) < 4.78 is 0. The van der Waals surface area contributed by atoms with Gasteiger partial charge in [0.05, 0.1) is 0 Å². The van der Waals surface area contributed by atoms with E-state index in [0.29, 0.717) is 11.8 Å². The Morgan fingerprint density at radius 2 is 0.843 bits per heavy atom. The molecule has 0 saturated heterocycles. The summed E-state index contributed by atoms with van der Waals surface area (Å²) >= 11 is 0. The molecule has 0 aliphatic carbocycles. The van der Waals surface area contributed by atoms with Crippen LogP contribution in [0.3, 0.4) is 0 Å². The molecule has 0 fully saturated rings. The van der Waals surface area contributed by atoms with Gasteiger partial charge in [0.15, 0.2) is 0 Å². The van der Waals surface area contributed by atoms with Crippen molar-refractivity contribution in [1.82, 2.24) is 9.97 Å². The third-order valence-corrected chi connectivity index (χ3v) is 9.20. The predicted octanol–water partition coefficient (Wildman–Crippen LogP) is 6.83. The molecule has 5 heteroatoms. The van der Waals surface area contributed by atoms with Gasteiger partial charge in [-0.3, -0.25) is 9.97 Å². The first kappa shape index (κ1) is 39.6. The molecule has 0 saturated carbocycles. The van der Waals surface area contributed by atoms with Gasteiger partial charge in [0, 0.05) is 23.8 Å². The van der Waals surface area contributed by atoms with Crippen LogP contribution in [0.4, 0.5) is 0 Å². The number of fused-ring (bicyclic) bond motifs is 2. The van der Waals surface area contributed by atoms with Crippen LogP contribution in [0.25, 0.3) is 66.3 Å². The number of benzene rings is 4. The summed E-state index contributed by atoms with van der Waals surface area (Å²) in [5.41, 5.74) is 12.3. The van der Waals surface area contributed by atoms with E-state index in [4.69, 9.17) is 0 Å². The monoisotopic (exact) mass is 780 g/mol. The zero-order valence-electron chi connectivity index (χ0n) is 29.3. The van der Waals surface area contributed by atoms with Gasteiger partial charge in [0.25, 0.3) is 0 Å². The molecule has 0 aliphatic rings. The molecule has 0 bridgehead atoms. The first-order chi connectivity index (χ1) is 23.4. The molecule has 51 heavy (non-hydrogen) atoms. The largest absolute Gasteiger partial charge is 4.00 e. The summed E-state index contributed by atoms with van der Waals surface area (Å²) in [7, 11) is 0. The number of rotatable bonds is 6. The summed E-state index contributed by atoms with van der Waals surface area (Å²) in [5, 5.41) is 5.10. The summed E-state index contributed by atoms with van der Waals surface area (Å²) in [4.78, 5) is 8.96. The molecule has 0 atom stereocenters. The zero-order valence-corrected chi connectivity index (χ0v) is 33.3. The van der Waals surface area contributed by atoms with E-state index in [-0.39, 0.29) is 51.0 Å². The van der Waals surface area contributed by atoms with E-state index in [9.17, 15) is 0 Å². The van der Waals surface area contributed by atoms with Gasteiger partial charge >= 0.3 is 26.2 Å². The Morgan fingerprint density at radius 3 is 1.18 bits per heavy atom. The average Bonchev–Trinajstić information content (AvgIpc) is 3.78. The number of aromatic nitrogens is 2. The number of halogens is 2. The standard InChI is InChI=1S/2C23H20N.2ClH.Zr/c2*1-16(2)17-9-11-18(12-10-17)21-7-5-6-19-14-20(15-22(19)21)23-8-3-4-13-24-23;;;/h2*3-16H,1-2H3;2*1H;/q2*-1;;;+4/p-2. The minimum absolute atomic E-state index is 0. The Bertz CT molecular complexity index is 2100. The minimum Gasteiger partial charge on any atom is -1.00 e. The topological polar surface area (TPSA) is 25.8 Å². The molecule has 0 N–H and O–H groups in total. The fraction of sp³-hybridized carbons (Fsp3) is 0.130. The van der Waals surface area contributed by atoms with Crippen molar-refractivity contribution >= 4 is 21.5 Å². The van der Waals surface area contributed by atoms with Crippen LogP contribution in [-0.4, -0.2) is 9.97 Å². The first-order valence-electron chi connectivity index (χ1n) is 16.9. The molecule has 6 aromatic carbocycles. The van der Waals surface area contributed by atoms with Gasteiger partial charge in [0.1, 0.15) is 0 Å². The van der Waals surface area contributed by atoms with E-state index in [1.54, 1.807) is 0 Å². The fourth-order valence-electron chi connectivity index (χ4n) is 6.43. The normalized spacial score (nSPS) is 10.6. The van der Waals surface area contributed by atoms with Crippen molar-refractivity contribution in [3.05, 3.63) is 169 Å². The Morgan fingerprint density at radius 1 is 0.451 bits per heavy atom. The van der Waals surface area contributed by atoms with Crippen molar-refractivity contribution in [2.24, 2.45) is 0 Å². The third kappa shape index (κ3) is 8.85. The molecule has 0 amide bonds. The van der Waals surface area contributed by atoms with Gasteiger partial charge in [-0.25, -0.2) is 0 Å². The molecular formula is C46H40Cl2N2Zr. The van der Waals surface area contributed by atoms with Gasteiger partial charge in [-0.1, -0.05) is 136 Å². The van der Waals surface area contributed by atoms with Crippen LogP contribution in [0.2, 0.25) is 0 Å². The van der Waals surface area contributed by atoms with Crippen molar-refractivity contribution in [2.75, 3.05) is 0 Å². The first-order valence-corrected chi connectivity index (χ1v) is 16.9. The number of hydrogen-bond acceptors (Lipinski definition) is 2. The second kappa shape index (κ2) is 17.9. The average molecular weight is 783 g/mol. The third-order valence-electron chi connectivity index (χ3n) is 9.20. The second-order valence-corrected chi connectivity index (χ2v) is 13.1. The predicted molar refractivity (Wildman–Crippen MR) is 205 cm³/mol. The maximum atomic E-state index is 4.48. The van der Waals surface area contributed by atoms with Crippen molar-refractivity contribution in [3.63, 3.8) is 0 Å². The summed E-state index contributed by atoms with van der Waals surface area (Å²) in [5.74, 6) is 1.12. The van der Waals surface area contributed by atoms with Crippen LogP contribution >= 0.6 is 0 Å². The summed E-state index contributed by atoms with van der Waals surface area (Å²) in [6, 6.07) is 52.0. The Labute approximate surface area is 333 Å². The zero-order chi connectivity index (χ0) is 33.0. The Hall–Kier alpha value is -4.14. The van der Waals surface area contributed by atoms with Crippen LogP contribution in [0.5, 0.6) is 0 Å². The second-order valence-electron chi connectivity index (χ2n) is 13.1. The molecule has 2 nitrogen and oxygen atoms in total. The number of hydrogen-bond donors (Lipinski definition) is 0. The smallest absolute Gasteiger partial charge is 1.00 e. The van der Waals surface area contributed by atoms with Gasteiger partial charge in [-0.15, -0.1) is 69.1 Å². The SMILES string of the molecule is CC(C)c1ccc(-c2cccc3[cH-]c(-c4ccccn4)cc23)cc1.CC(C)c1ccc(-c2cccc3[cH-]c(-c4ccccn4)cc23)cc1.[Cl-].[Cl-].[Zr+4]. The summed E-state index contributed by atoms with van der Waals surface area (Å²) in [6.07, 6.45) is 3.69. The van der Waals surface area contributed by atoms with Crippen LogP contribution in [0.15, 0.2) is 158 Å². The Kier molecular flexibility index (Phi) is 13.9. The molecule has 2 aromatic heterocycles. The molecule has 0 unspecified atom stereocenters. The fourth-order valence-corrected chi connectivity index (χ4v) is 6.43. The van der Waals surface area contributed by atoms with E-state index in [1.807, 2.05) is 36.7 Å². The van der Waals surface area contributed by atoms with Crippen LogP contribution in [-0.2, 0) is 26.2 Å². The maximum absolute atomic E-state index is 4.48. The molecule has 0 aliphatic heterocycles. The van der Waals surface area contributed by atoms with E-state index in [0.717, 1.165) is 11.4 Å². The van der Waals surface area contributed by atoms with Crippen molar-refractivity contribution in [3.8, 4) is 44.8 Å². The van der Waals surface area contributed by atoms with Crippen molar-refractivity contribution in [1.29, 1.82) is 0 Å². The molecular weight excluding hydrogens is 743 g/mol. The molecule has 2 heterocycles. The van der Waals surface area contributed by atoms with Gasteiger partial charge in [0.2, 0.25) is 0 Å². The van der Waals surface area contributed by atoms with E-state index in [1.165, 1.54) is 66.1 Å². The van der Waals surface area contributed by atoms with E-state index in [2.05, 4.69) is 159 Å². The number of nitrogens with zero attached hydrogens (tertiary/aromatic N) is 2. The van der Waals surface area contributed by atoms with Crippen LogP contribution in [0, 0.1) is 0 Å². The van der Waals surface area contributed by atoms with E-state index < -0.39 is 0 Å². The minimum atomic E-state index is 0. The summed E-state index contributed by atoms with van der Waals surface area (Å²) in [6.45, 7) is 8.91. The quantitative estimate of drug-likeness (QED) is 0.173. The van der Waals surface area contributed by atoms with Gasteiger partial charge in [-0.2, -0.15) is 0 Å². The van der Waals surface area contributed by atoms with Crippen LogP contribution in [0.1, 0.15) is 50.7 Å². The number of pyridine rings is 2. The van der Waals surface area contributed by atoms with Crippen LogP contribution < -0.4 is 24.8 Å². The molecule has 8 rings (SSSR count). The van der Waals surface area contributed by atoms with Gasteiger partial charge < -0.3 is 24.8 Å². The molecule has 0 spiro atoms. The molecule has 8 aromatic rings. The van der Waals surface area contributed by atoms with Gasteiger partial charge in [-0.05, 0) is 46.2 Å². The maximum Gasteiger partial charge on any atom is 4.00 e. The Balaban J connectivity index is 0.000000216. The molecule has 0 radical (unpaired) electrons. The van der Waals surface area contributed by atoms with Crippen molar-refractivity contribution in [2.45, 2.75) is 39.5 Å². The van der Waals surface area contributed by atoms with E-state index >= 15 is 0 Å². The molecule has 252 valence electrons. The van der Waals surface area contributed by atoms with Crippen molar-refractivity contribution < 1.29 is 51.0 Å².